The van der Waals surface area contributed by atoms with Crippen LogP contribution >= 0.6 is 11.3 Å². The van der Waals surface area contributed by atoms with Crippen LogP contribution in [0.15, 0.2) is 12.1 Å². The Morgan fingerprint density at radius 3 is 2.50 bits per heavy atom. The average molecular weight is 263 g/mol. The summed E-state index contributed by atoms with van der Waals surface area (Å²) in [5, 5.41) is 1.15. The summed E-state index contributed by atoms with van der Waals surface area (Å²) in [6, 6.07) is 4.06. The van der Waals surface area contributed by atoms with Crippen molar-refractivity contribution in [1.29, 1.82) is 0 Å². The van der Waals surface area contributed by atoms with Crippen molar-refractivity contribution in [2.24, 2.45) is 0 Å². The van der Waals surface area contributed by atoms with Gasteiger partial charge in [0.15, 0.2) is 5.13 Å². The molecule has 1 heterocycles. The molecule has 1 aromatic carbocycles. The number of anilines is 2. The number of benzene rings is 1. The molecule has 18 heavy (non-hydrogen) atoms. The highest BCUT2D eigenvalue weighted by atomic mass is 32.1. The van der Waals surface area contributed by atoms with E-state index < -0.39 is 0 Å². The van der Waals surface area contributed by atoms with Gasteiger partial charge in [-0.3, -0.25) is 0 Å². The molecule has 0 aliphatic carbocycles. The Labute approximate surface area is 111 Å². The van der Waals surface area contributed by atoms with Crippen LogP contribution in [0.2, 0.25) is 0 Å². The number of aromatic nitrogens is 1. The van der Waals surface area contributed by atoms with E-state index in [9.17, 15) is 0 Å². The standard InChI is InChI=1S/C13H17N3OS/c1-4-17-10-6-7(2)9(5-8(10)3)11-12(14)18-13(15)16-11/h5-6H,4,14H2,1-3H3,(H2,15,16). The van der Waals surface area contributed by atoms with Crippen LogP contribution in [0.5, 0.6) is 5.75 Å². The summed E-state index contributed by atoms with van der Waals surface area (Å²) in [5.41, 5.74) is 15.6. The van der Waals surface area contributed by atoms with Gasteiger partial charge in [-0.1, -0.05) is 11.3 Å². The van der Waals surface area contributed by atoms with Crippen LogP contribution in [0.4, 0.5) is 10.1 Å². The second-order valence-corrected chi connectivity index (χ2v) is 5.19. The van der Waals surface area contributed by atoms with Gasteiger partial charge in [-0.05, 0) is 44.0 Å². The van der Waals surface area contributed by atoms with Crippen molar-refractivity contribution in [3.63, 3.8) is 0 Å². The number of hydrogen-bond acceptors (Lipinski definition) is 5. The maximum atomic E-state index is 5.93. The van der Waals surface area contributed by atoms with Gasteiger partial charge < -0.3 is 16.2 Å². The van der Waals surface area contributed by atoms with Gasteiger partial charge in [0, 0.05) is 5.56 Å². The molecular weight excluding hydrogens is 246 g/mol. The summed E-state index contributed by atoms with van der Waals surface area (Å²) < 4.78 is 5.57. The van der Waals surface area contributed by atoms with Crippen molar-refractivity contribution >= 4 is 21.5 Å². The summed E-state index contributed by atoms with van der Waals surface area (Å²) in [5.74, 6) is 0.903. The van der Waals surface area contributed by atoms with Crippen molar-refractivity contribution in [2.75, 3.05) is 18.1 Å². The summed E-state index contributed by atoms with van der Waals surface area (Å²) >= 11 is 1.31. The monoisotopic (exact) mass is 263 g/mol. The van der Waals surface area contributed by atoms with Gasteiger partial charge in [0.05, 0.1) is 6.61 Å². The number of thiazole rings is 1. The Morgan fingerprint density at radius 1 is 1.22 bits per heavy atom. The fourth-order valence-electron chi connectivity index (χ4n) is 1.90. The first-order chi connectivity index (χ1) is 8.52. The molecule has 2 rings (SSSR count). The molecule has 96 valence electrons. The molecule has 5 heteroatoms. The fourth-order valence-corrected chi connectivity index (χ4v) is 2.51. The van der Waals surface area contributed by atoms with Gasteiger partial charge in [0.1, 0.15) is 16.4 Å². The van der Waals surface area contributed by atoms with Crippen LogP contribution in [-0.4, -0.2) is 11.6 Å². The molecule has 0 bridgehead atoms. The summed E-state index contributed by atoms with van der Waals surface area (Å²) in [6.07, 6.45) is 0. The lowest BCUT2D eigenvalue weighted by atomic mass is 10.0. The number of nitrogens with zero attached hydrogens (tertiary/aromatic N) is 1. The summed E-state index contributed by atoms with van der Waals surface area (Å²) in [6.45, 7) is 6.67. The SMILES string of the molecule is CCOc1cc(C)c(-c2nc(N)sc2N)cc1C. The number of nitrogen functional groups attached to an aromatic ring is 2. The summed E-state index contributed by atoms with van der Waals surface area (Å²) in [4.78, 5) is 4.29. The van der Waals surface area contributed by atoms with Crippen LogP contribution in [0.3, 0.4) is 0 Å². The van der Waals surface area contributed by atoms with Gasteiger partial charge in [-0.15, -0.1) is 0 Å². The quantitative estimate of drug-likeness (QED) is 0.892. The first-order valence-electron chi connectivity index (χ1n) is 5.79. The first-order valence-corrected chi connectivity index (χ1v) is 6.60. The highest BCUT2D eigenvalue weighted by molar-refractivity contribution is 7.19. The lowest BCUT2D eigenvalue weighted by molar-refractivity contribution is 0.337. The van der Waals surface area contributed by atoms with Gasteiger partial charge >= 0.3 is 0 Å². The molecule has 0 aliphatic heterocycles. The molecule has 0 atom stereocenters. The third kappa shape index (κ3) is 2.26. The highest BCUT2D eigenvalue weighted by Crippen LogP contribution is 2.36. The smallest absolute Gasteiger partial charge is 0.182 e. The van der Waals surface area contributed by atoms with Crippen LogP contribution in [0, 0.1) is 13.8 Å². The normalized spacial score (nSPS) is 10.6. The molecule has 4 N–H and O–H groups in total. The fraction of sp³-hybridized carbons (Fsp3) is 0.308. The van der Waals surface area contributed by atoms with E-state index in [4.69, 9.17) is 16.2 Å². The molecule has 0 saturated carbocycles. The predicted octanol–water partition coefficient (Wildman–Crippen LogP) is 2.99. The zero-order chi connectivity index (χ0) is 13.3. The molecular formula is C13H17N3OS. The molecule has 2 aromatic rings. The third-order valence-corrected chi connectivity index (χ3v) is 3.46. The Balaban J connectivity index is 2.52. The molecule has 0 saturated heterocycles. The second kappa shape index (κ2) is 4.86. The number of rotatable bonds is 3. The zero-order valence-electron chi connectivity index (χ0n) is 10.8. The largest absolute Gasteiger partial charge is 0.494 e. The first kappa shape index (κ1) is 12.7. The van der Waals surface area contributed by atoms with Crippen LogP contribution in [0.25, 0.3) is 11.3 Å². The topological polar surface area (TPSA) is 74.2 Å². The Morgan fingerprint density at radius 2 is 1.94 bits per heavy atom. The molecule has 0 aliphatic rings. The van der Waals surface area contributed by atoms with Crippen molar-refractivity contribution in [1.82, 2.24) is 4.98 Å². The van der Waals surface area contributed by atoms with E-state index in [1.165, 1.54) is 11.3 Å². The number of aryl methyl sites for hydroxylation is 2. The maximum Gasteiger partial charge on any atom is 0.182 e. The minimum Gasteiger partial charge on any atom is -0.494 e. The van der Waals surface area contributed by atoms with Crippen LogP contribution in [-0.2, 0) is 0 Å². The Hall–Kier alpha value is -1.75. The van der Waals surface area contributed by atoms with E-state index in [1.807, 2.05) is 32.9 Å². The lowest BCUT2D eigenvalue weighted by Crippen LogP contribution is -1.97. The minimum absolute atomic E-state index is 0.494. The average Bonchev–Trinajstić information content (AvgIpc) is 2.63. The van der Waals surface area contributed by atoms with Gasteiger partial charge in [-0.2, -0.15) is 0 Å². The van der Waals surface area contributed by atoms with E-state index >= 15 is 0 Å². The van der Waals surface area contributed by atoms with E-state index in [1.54, 1.807) is 0 Å². The zero-order valence-corrected chi connectivity index (χ0v) is 11.6. The minimum atomic E-state index is 0.494. The van der Waals surface area contributed by atoms with E-state index in [0.29, 0.717) is 16.7 Å². The maximum absolute atomic E-state index is 5.93. The number of ether oxygens (including phenoxy) is 1. The Kier molecular flexibility index (Phi) is 3.43. The lowest BCUT2D eigenvalue weighted by Gasteiger charge is -2.11. The van der Waals surface area contributed by atoms with E-state index in [-0.39, 0.29) is 0 Å². The second-order valence-electron chi connectivity index (χ2n) is 4.13. The third-order valence-electron chi connectivity index (χ3n) is 2.75. The van der Waals surface area contributed by atoms with Crippen LogP contribution in [0.1, 0.15) is 18.1 Å². The molecule has 4 nitrogen and oxygen atoms in total. The molecule has 0 unspecified atom stereocenters. The van der Waals surface area contributed by atoms with Crippen molar-refractivity contribution in [3.05, 3.63) is 23.3 Å². The molecule has 0 amide bonds. The molecule has 0 spiro atoms. The molecule has 0 radical (unpaired) electrons. The predicted molar refractivity (Wildman–Crippen MR) is 77.0 cm³/mol. The van der Waals surface area contributed by atoms with Gasteiger partial charge in [-0.25, -0.2) is 4.98 Å². The van der Waals surface area contributed by atoms with E-state index in [0.717, 1.165) is 28.1 Å². The summed E-state index contributed by atoms with van der Waals surface area (Å²) in [7, 11) is 0. The van der Waals surface area contributed by atoms with Crippen molar-refractivity contribution in [2.45, 2.75) is 20.8 Å². The molecule has 0 fully saturated rings. The number of hydrogen-bond donors (Lipinski definition) is 2. The highest BCUT2D eigenvalue weighted by Gasteiger charge is 2.13. The molecule has 1 aromatic heterocycles. The van der Waals surface area contributed by atoms with Crippen LogP contribution < -0.4 is 16.2 Å². The van der Waals surface area contributed by atoms with Crippen molar-refractivity contribution in [3.8, 4) is 17.0 Å². The van der Waals surface area contributed by atoms with Crippen molar-refractivity contribution < 1.29 is 4.74 Å². The van der Waals surface area contributed by atoms with Gasteiger partial charge in [0.25, 0.3) is 0 Å². The Bertz CT molecular complexity index is 578. The van der Waals surface area contributed by atoms with E-state index in [2.05, 4.69) is 4.98 Å². The number of nitrogens with two attached hydrogens (primary N) is 2. The van der Waals surface area contributed by atoms with Gasteiger partial charge in [0.2, 0.25) is 0 Å².